The molecule has 0 spiro atoms. The number of benzene rings is 1. The van der Waals surface area contributed by atoms with Crippen LogP contribution in [0.1, 0.15) is 19.2 Å². The molecular weight excluding hydrogens is 338 g/mol. The van der Waals surface area contributed by atoms with Gasteiger partial charge in [0.1, 0.15) is 0 Å². The lowest BCUT2D eigenvalue weighted by molar-refractivity contribution is 0.195. The quantitative estimate of drug-likeness (QED) is 0.819. The molecule has 124 valence electrons. The molecule has 1 aliphatic heterocycles. The normalized spacial score (nSPS) is 20.2. The van der Waals surface area contributed by atoms with Gasteiger partial charge in [-0.2, -0.15) is 0 Å². The molecule has 3 rings (SSSR count). The summed E-state index contributed by atoms with van der Waals surface area (Å²) >= 11 is 6.13. The van der Waals surface area contributed by atoms with E-state index < -0.39 is 9.84 Å². The zero-order chi connectivity index (χ0) is 16.4. The number of aromatic nitrogens is 2. The molecule has 1 unspecified atom stereocenters. The fourth-order valence-electron chi connectivity index (χ4n) is 2.80. The lowest BCUT2D eigenvalue weighted by atomic mass is 10.2. The van der Waals surface area contributed by atoms with Crippen LogP contribution in [0.15, 0.2) is 28.7 Å². The molecule has 6 nitrogen and oxygen atoms in total. The van der Waals surface area contributed by atoms with Gasteiger partial charge in [0.25, 0.3) is 0 Å². The first-order valence-corrected chi connectivity index (χ1v) is 9.70. The van der Waals surface area contributed by atoms with Crippen LogP contribution in [0.4, 0.5) is 0 Å². The van der Waals surface area contributed by atoms with Crippen LogP contribution in [-0.2, 0) is 16.4 Å². The van der Waals surface area contributed by atoms with Crippen LogP contribution in [0.5, 0.6) is 0 Å². The van der Waals surface area contributed by atoms with E-state index in [1.165, 1.54) is 0 Å². The molecule has 1 aliphatic rings. The van der Waals surface area contributed by atoms with Crippen molar-refractivity contribution >= 4 is 21.4 Å². The minimum Gasteiger partial charge on any atom is -0.419 e. The van der Waals surface area contributed by atoms with Crippen LogP contribution in [0.3, 0.4) is 0 Å². The molecule has 0 bridgehead atoms. The van der Waals surface area contributed by atoms with E-state index in [1.807, 2.05) is 25.1 Å². The molecule has 0 aliphatic carbocycles. The van der Waals surface area contributed by atoms with Crippen molar-refractivity contribution in [3.8, 4) is 11.5 Å². The zero-order valence-electron chi connectivity index (χ0n) is 12.8. The second kappa shape index (κ2) is 6.59. The molecule has 0 N–H and O–H groups in total. The molecule has 1 aromatic carbocycles. The predicted molar refractivity (Wildman–Crippen MR) is 87.9 cm³/mol. The summed E-state index contributed by atoms with van der Waals surface area (Å²) in [5, 5.41) is 8.66. The molecule has 1 saturated heterocycles. The Morgan fingerprint density at radius 2 is 2.13 bits per heavy atom. The number of sulfone groups is 1. The highest BCUT2D eigenvalue weighted by Crippen LogP contribution is 2.27. The molecule has 0 amide bonds. The van der Waals surface area contributed by atoms with Gasteiger partial charge in [-0.05, 0) is 25.1 Å². The van der Waals surface area contributed by atoms with Crippen LogP contribution in [0.25, 0.3) is 11.5 Å². The Kier molecular flexibility index (Phi) is 4.70. The highest BCUT2D eigenvalue weighted by Gasteiger charge is 2.32. The van der Waals surface area contributed by atoms with Crippen LogP contribution < -0.4 is 0 Å². The summed E-state index contributed by atoms with van der Waals surface area (Å²) < 4.78 is 29.0. The van der Waals surface area contributed by atoms with Crippen molar-refractivity contribution in [3.05, 3.63) is 35.2 Å². The number of nitrogens with zero attached hydrogens (tertiary/aromatic N) is 3. The summed E-state index contributed by atoms with van der Waals surface area (Å²) in [4.78, 5) is 2.06. The Labute approximate surface area is 140 Å². The van der Waals surface area contributed by atoms with E-state index >= 15 is 0 Å². The highest BCUT2D eigenvalue weighted by atomic mass is 35.5. The predicted octanol–water partition coefficient (Wildman–Crippen LogP) is 2.40. The van der Waals surface area contributed by atoms with Crippen molar-refractivity contribution in [2.24, 2.45) is 0 Å². The van der Waals surface area contributed by atoms with Crippen molar-refractivity contribution in [3.63, 3.8) is 0 Å². The number of hydrogen-bond acceptors (Lipinski definition) is 6. The third-order valence-corrected chi connectivity index (χ3v) is 6.12. The van der Waals surface area contributed by atoms with E-state index in [1.54, 1.807) is 6.07 Å². The average molecular weight is 356 g/mol. The molecule has 0 saturated carbocycles. The summed E-state index contributed by atoms with van der Waals surface area (Å²) in [6, 6.07) is 7.29. The second-order valence-corrected chi connectivity index (χ2v) is 8.24. The first-order valence-electron chi connectivity index (χ1n) is 7.50. The summed E-state index contributed by atoms with van der Waals surface area (Å²) in [5.41, 5.74) is 0.694. The minimum absolute atomic E-state index is 0.0145. The van der Waals surface area contributed by atoms with Gasteiger partial charge in [0.05, 0.1) is 28.6 Å². The SMILES string of the molecule is CCN(Cc1nnc(-c2ccccc2Cl)o1)C1CCS(=O)(=O)C1. The van der Waals surface area contributed by atoms with Crippen molar-refractivity contribution in [2.75, 3.05) is 18.1 Å². The van der Waals surface area contributed by atoms with Gasteiger partial charge < -0.3 is 4.42 Å². The Morgan fingerprint density at radius 1 is 1.35 bits per heavy atom. The summed E-state index contributed by atoms with van der Waals surface area (Å²) in [6.45, 7) is 3.16. The first-order chi connectivity index (χ1) is 11.0. The van der Waals surface area contributed by atoms with E-state index in [0.29, 0.717) is 35.3 Å². The van der Waals surface area contributed by atoms with Crippen LogP contribution in [0.2, 0.25) is 5.02 Å². The Morgan fingerprint density at radius 3 is 2.78 bits per heavy atom. The van der Waals surface area contributed by atoms with Crippen molar-refractivity contribution < 1.29 is 12.8 Å². The fourth-order valence-corrected chi connectivity index (χ4v) is 4.78. The van der Waals surface area contributed by atoms with Crippen LogP contribution in [-0.4, -0.2) is 47.6 Å². The van der Waals surface area contributed by atoms with E-state index in [2.05, 4.69) is 15.1 Å². The van der Waals surface area contributed by atoms with Gasteiger partial charge in [-0.15, -0.1) is 10.2 Å². The van der Waals surface area contributed by atoms with Gasteiger partial charge in [-0.1, -0.05) is 30.7 Å². The molecule has 23 heavy (non-hydrogen) atoms. The van der Waals surface area contributed by atoms with E-state index in [4.69, 9.17) is 16.0 Å². The molecule has 2 aromatic rings. The smallest absolute Gasteiger partial charge is 0.249 e. The van der Waals surface area contributed by atoms with Gasteiger partial charge in [-0.3, -0.25) is 4.90 Å². The van der Waals surface area contributed by atoms with Gasteiger partial charge in [0.15, 0.2) is 9.84 Å². The Hall–Kier alpha value is -1.44. The lowest BCUT2D eigenvalue weighted by Crippen LogP contribution is -2.35. The average Bonchev–Trinajstić information content (AvgIpc) is 3.11. The molecule has 8 heteroatoms. The van der Waals surface area contributed by atoms with Gasteiger partial charge in [-0.25, -0.2) is 8.42 Å². The van der Waals surface area contributed by atoms with Crippen LogP contribution >= 0.6 is 11.6 Å². The zero-order valence-corrected chi connectivity index (χ0v) is 14.3. The maximum Gasteiger partial charge on any atom is 0.249 e. The standard InChI is InChI=1S/C15H18ClN3O3S/c1-2-19(11-7-8-23(20,21)10-11)9-14-17-18-15(22-14)12-5-3-4-6-13(12)16/h3-6,11H,2,7-10H2,1H3. The van der Waals surface area contributed by atoms with E-state index in [-0.39, 0.29) is 17.5 Å². The lowest BCUT2D eigenvalue weighted by Gasteiger charge is -2.24. The third-order valence-electron chi connectivity index (χ3n) is 4.04. The number of halogens is 1. The van der Waals surface area contributed by atoms with Crippen molar-refractivity contribution in [2.45, 2.75) is 25.9 Å². The monoisotopic (exact) mass is 355 g/mol. The largest absolute Gasteiger partial charge is 0.419 e. The molecular formula is C15H18ClN3O3S. The van der Waals surface area contributed by atoms with Crippen molar-refractivity contribution in [1.29, 1.82) is 0 Å². The molecule has 1 atom stereocenters. The summed E-state index contributed by atoms with van der Waals surface area (Å²) in [5.74, 6) is 1.29. The molecule has 2 heterocycles. The summed E-state index contributed by atoms with van der Waals surface area (Å²) in [6.07, 6.45) is 0.654. The topological polar surface area (TPSA) is 76.3 Å². The van der Waals surface area contributed by atoms with Gasteiger partial charge >= 0.3 is 0 Å². The fraction of sp³-hybridized carbons (Fsp3) is 0.467. The van der Waals surface area contributed by atoms with E-state index in [0.717, 1.165) is 6.54 Å². The number of rotatable bonds is 5. The first kappa shape index (κ1) is 16.4. The second-order valence-electron chi connectivity index (χ2n) is 5.60. The van der Waals surface area contributed by atoms with Crippen LogP contribution in [0, 0.1) is 0 Å². The Bertz CT molecular complexity index is 791. The van der Waals surface area contributed by atoms with E-state index in [9.17, 15) is 8.42 Å². The van der Waals surface area contributed by atoms with Gasteiger partial charge in [0.2, 0.25) is 11.8 Å². The molecule has 0 radical (unpaired) electrons. The number of hydrogen-bond donors (Lipinski definition) is 0. The molecule has 1 fully saturated rings. The minimum atomic E-state index is -2.91. The third kappa shape index (κ3) is 3.73. The Balaban J connectivity index is 1.74. The maximum atomic E-state index is 11.6. The summed E-state index contributed by atoms with van der Waals surface area (Å²) in [7, 11) is -2.91. The molecule has 1 aromatic heterocycles. The highest BCUT2D eigenvalue weighted by molar-refractivity contribution is 7.91. The maximum absolute atomic E-state index is 11.6. The van der Waals surface area contributed by atoms with Gasteiger partial charge in [0, 0.05) is 6.04 Å². The van der Waals surface area contributed by atoms with Crippen molar-refractivity contribution in [1.82, 2.24) is 15.1 Å².